The van der Waals surface area contributed by atoms with Crippen molar-refractivity contribution in [2.24, 2.45) is 5.92 Å². The molecule has 0 rings (SSSR count). The number of carboxylic acid groups (broad SMARTS) is 2. The molecule has 0 radical (unpaired) electrons. The van der Waals surface area contributed by atoms with Gasteiger partial charge in [-0.15, -0.1) is 0 Å². The van der Waals surface area contributed by atoms with Gasteiger partial charge in [-0.3, -0.25) is 9.59 Å². The van der Waals surface area contributed by atoms with Crippen LogP contribution in [0.5, 0.6) is 0 Å². The van der Waals surface area contributed by atoms with Gasteiger partial charge in [0.1, 0.15) is 0 Å². The first-order chi connectivity index (χ1) is 41.9. The number of carbonyl (C=O) groups is 2. The number of allylic oxidation sites excluding steroid dienone is 8. The fourth-order valence-electron chi connectivity index (χ4n) is 11.4. The Balaban J connectivity index is -0.00000131. The standard InChI is InChI=1S/C40H76O2.C22H44O.C18H34O2/c1-3-5-7-9-11-13-15-17-19-20-21-22-23-24-26-28-30-32-34-36-38-39(40(41)42)37-35-33-31-29-27-25-18-16-14-12-10-8-6-4-2;1-2-3-4-5-6-7-8-9-10-11-12-13-14-15-16-17-18-19-20-21-22-23;1-2-3-4-5-6-7-8-9-10-11-12-13-14-15-16-17-18(19)20/h17-19,25,39H,3-16,20-24,26-38H2,1-2H3,(H,41,42);9-10,23H,2-8,11-22H2,1H3;9-10H,2-8,11-17H2,1H3,(H,19,20)/b19-17-,25-18-;2*10-9-. The largest absolute Gasteiger partial charge is 0.481 e. The Morgan fingerprint density at radius 1 is 0.247 bits per heavy atom. The molecule has 85 heavy (non-hydrogen) atoms. The van der Waals surface area contributed by atoms with Crippen LogP contribution in [-0.4, -0.2) is 33.9 Å². The average Bonchev–Trinajstić information content (AvgIpc) is 3.50. The molecule has 0 saturated heterocycles. The number of carboxylic acids is 2. The van der Waals surface area contributed by atoms with Gasteiger partial charge in [0.2, 0.25) is 0 Å². The number of aliphatic carboxylic acids is 2. The zero-order valence-corrected chi connectivity index (χ0v) is 58.3. The van der Waals surface area contributed by atoms with Crippen molar-refractivity contribution in [2.75, 3.05) is 6.61 Å². The monoisotopic (exact) mass is 1200 g/mol. The predicted molar refractivity (Wildman–Crippen MR) is 381 cm³/mol. The molecular weight excluding hydrogens is 1040 g/mol. The molecule has 0 saturated carbocycles. The molecule has 3 N–H and O–H groups in total. The van der Waals surface area contributed by atoms with Crippen LogP contribution in [0.4, 0.5) is 0 Å². The fourth-order valence-corrected chi connectivity index (χ4v) is 11.4. The molecule has 0 fully saturated rings. The van der Waals surface area contributed by atoms with Crippen molar-refractivity contribution in [3.63, 3.8) is 0 Å². The van der Waals surface area contributed by atoms with E-state index < -0.39 is 11.9 Å². The van der Waals surface area contributed by atoms with Gasteiger partial charge in [-0.2, -0.15) is 0 Å². The van der Waals surface area contributed by atoms with E-state index in [9.17, 15) is 14.7 Å². The number of hydrogen-bond donors (Lipinski definition) is 3. The molecule has 0 amide bonds. The minimum atomic E-state index is -0.664. The smallest absolute Gasteiger partial charge is 0.306 e. The number of unbranched alkanes of at least 4 members (excludes halogenated alkanes) is 53. The third-order valence-electron chi connectivity index (χ3n) is 17.3. The number of hydrogen-bond acceptors (Lipinski definition) is 3. The molecule has 0 aromatic heterocycles. The molecule has 1 unspecified atom stereocenters. The quantitative estimate of drug-likeness (QED) is 0.0417. The number of aliphatic hydroxyl groups excluding tert-OH is 1. The van der Waals surface area contributed by atoms with Crippen LogP contribution in [0.2, 0.25) is 0 Å². The summed E-state index contributed by atoms with van der Waals surface area (Å²) in [5.74, 6) is -1.35. The summed E-state index contributed by atoms with van der Waals surface area (Å²) in [6.07, 6.45) is 101. The van der Waals surface area contributed by atoms with Crippen LogP contribution in [0.1, 0.15) is 439 Å². The number of aliphatic hydroxyl groups is 1. The summed E-state index contributed by atoms with van der Waals surface area (Å²) in [5.41, 5.74) is 0. The highest BCUT2D eigenvalue weighted by Gasteiger charge is 2.16. The molecular formula is C80H154O5. The van der Waals surface area contributed by atoms with Crippen molar-refractivity contribution in [3.05, 3.63) is 48.6 Å². The molecule has 0 aromatic rings. The normalized spacial score (nSPS) is 12.0. The molecule has 5 heteroatoms. The fraction of sp³-hybridized carbons (Fsp3) is 0.875. The van der Waals surface area contributed by atoms with E-state index in [0.717, 1.165) is 44.9 Å². The first kappa shape index (κ1) is 87.1. The SMILES string of the molecule is CCCCCCCC/C=C\CCCCCCCC(=O)O.CCCCCCCC/C=C\CCCCCCCCCCCCC(CCCCCC/C=C\CCCCCCCC)C(=O)O.CCCCCCCC/C=C\CCCCCCCCCCCCO. The highest BCUT2D eigenvalue weighted by Crippen LogP contribution is 2.21. The summed E-state index contributed by atoms with van der Waals surface area (Å²) < 4.78 is 0. The van der Waals surface area contributed by atoms with Crippen molar-refractivity contribution in [1.29, 1.82) is 0 Å². The highest BCUT2D eigenvalue weighted by atomic mass is 16.4. The Labute approximate surface area is 534 Å². The van der Waals surface area contributed by atoms with Crippen LogP contribution >= 0.6 is 0 Å². The van der Waals surface area contributed by atoms with Gasteiger partial charge in [-0.25, -0.2) is 0 Å². The van der Waals surface area contributed by atoms with Crippen LogP contribution in [0.15, 0.2) is 48.6 Å². The predicted octanol–water partition coefficient (Wildman–Crippen LogP) is 28.0. The second-order valence-electron chi connectivity index (χ2n) is 26.0. The average molecular weight is 1200 g/mol. The van der Waals surface area contributed by atoms with Crippen molar-refractivity contribution in [3.8, 4) is 0 Å². The van der Waals surface area contributed by atoms with Gasteiger partial charge < -0.3 is 15.3 Å². The van der Waals surface area contributed by atoms with Crippen molar-refractivity contribution >= 4 is 11.9 Å². The Morgan fingerprint density at radius 2 is 0.424 bits per heavy atom. The van der Waals surface area contributed by atoms with Crippen molar-refractivity contribution < 1.29 is 24.9 Å². The van der Waals surface area contributed by atoms with Crippen LogP contribution in [0.3, 0.4) is 0 Å². The first-order valence-electron chi connectivity index (χ1n) is 38.6. The van der Waals surface area contributed by atoms with Gasteiger partial charge >= 0.3 is 11.9 Å². The zero-order chi connectivity index (χ0) is 62.4. The van der Waals surface area contributed by atoms with Crippen LogP contribution < -0.4 is 0 Å². The van der Waals surface area contributed by atoms with E-state index in [1.165, 1.54) is 360 Å². The number of rotatable bonds is 69. The third-order valence-corrected chi connectivity index (χ3v) is 17.3. The van der Waals surface area contributed by atoms with E-state index in [1.54, 1.807) is 0 Å². The highest BCUT2D eigenvalue weighted by molar-refractivity contribution is 5.69. The Hall–Kier alpha value is -2.14. The molecule has 1 atom stereocenters. The minimum Gasteiger partial charge on any atom is -0.481 e. The summed E-state index contributed by atoms with van der Waals surface area (Å²) in [5, 5.41) is 26.8. The summed E-state index contributed by atoms with van der Waals surface area (Å²) in [7, 11) is 0. The Bertz CT molecular complexity index is 1330. The van der Waals surface area contributed by atoms with Gasteiger partial charge in [0.05, 0.1) is 5.92 Å². The van der Waals surface area contributed by atoms with Gasteiger partial charge in [-0.05, 0) is 128 Å². The van der Waals surface area contributed by atoms with E-state index in [2.05, 4.69) is 76.3 Å². The Kier molecular flexibility index (Phi) is 86.0. The van der Waals surface area contributed by atoms with Crippen molar-refractivity contribution in [2.45, 2.75) is 439 Å². The second kappa shape index (κ2) is 83.9. The maximum Gasteiger partial charge on any atom is 0.306 e. The zero-order valence-electron chi connectivity index (χ0n) is 58.3. The van der Waals surface area contributed by atoms with Crippen LogP contribution in [0.25, 0.3) is 0 Å². The topological polar surface area (TPSA) is 94.8 Å². The van der Waals surface area contributed by atoms with E-state index in [-0.39, 0.29) is 5.92 Å². The summed E-state index contributed by atoms with van der Waals surface area (Å²) in [6.45, 7) is 9.47. The molecule has 0 aliphatic heterocycles. The minimum absolute atomic E-state index is 0.118. The third kappa shape index (κ3) is 88.4. The van der Waals surface area contributed by atoms with E-state index in [1.807, 2.05) is 0 Å². The van der Waals surface area contributed by atoms with Gasteiger partial charge in [0.15, 0.2) is 0 Å². The lowest BCUT2D eigenvalue weighted by molar-refractivity contribution is -0.142. The van der Waals surface area contributed by atoms with E-state index in [0.29, 0.717) is 13.0 Å². The van der Waals surface area contributed by atoms with E-state index in [4.69, 9.17) is 10.2 Å². The van der Waals surface area contributed by atoms with Gasteiger partial charge in [-0.1, -0.05) is 352 Å². The van der Waals surface area contributed by atoms with Crippen molar-refractivity contribution in [1.82, 2.24) is 0 Å². The first-order valence-corrected chi connectivity index (χ1v) is 38.6. The van der Waals surface area contributed by atoms with Crippen LogP contribution in [-0.2, 0) is 9.59 Å². The molecule has 0 aromatic carbocycles. The lowest BCUT2D eigenvalue weighted by Gasteiger charge is -2.12. The lowest BCUT2D eigenvalue weighted by atomic mass is 9.94. The lowest BCUT2D eigenvalue weighted by Crippen LogP contribution is -2.13. The van der Waals surface area contributed by atoms with Gasteiger partial charge in [0.25, 0.3) is 0 Å². The van der Waals surface area contributed by atoms with E-state index >= 15 is 0 Å². The molecule has 0 aliphatic rings. The molecule has 0 spiro atoms. The molecule has 504 valence electrons. The van der Waals surface area contributed by atoms with Gasteiger partial charge in [0, 0.05) is 13.0 Å². The molecule has 0 bridgehead atoms. The second-order valence-corrected chi connectivity index (χ2v) is 26.0. The van der Waals surface area contributed by atoms with Crippen LogP contribution in [0, 0.1) is 5.92 Å². The summed E-state index contributed by atoms with van der Waals surface area (Å²) in [6, 6.07) is 0. The molecule has 0 aliphatic carbocycles. The summed E-state index contributed by atoms with van der Waals surface area (Å²) >= 11 is 0. The molecule has 0 heterocycles. The maximum atomic E-state index is 11.7. The molecule has 5 nitrogen and oxygen atoms in total. The summed E-state index contributed by atoms with van der Waals surface area (Å²) in [4.78, 5) is 22.0. The maximum absolute atomic E-state index is 11.7. The Morgan fingerprint density at radius 3 is 0.612 bits per heavy atom.